The van der Waals surface area contributed by atoms with Crippen LogP contribution in [0, 0.1) is 0 Å². The molecule has 1 fully saturated rings. The van der Waals surface area contributed by atoms with Crippen LogP contribution < -0.4 is 10.2 Å². The first-order chi connectivity index (χ1) is 10.7. The van der Waals surface area contributed by atoms with Gasteiger partial charge in [-0.05, 0) is 12.1 Å². The zero-order valence-electron chi connectivity index (χ0n) is 12.8. The molecule has 2 aromatic rings. The molecule has 0 spiro atoms. The maximum absolute atomic E-state index is 12.2. The van der Waals surface area contributed by atoms with Crippen LogP contribution >= 0.6 is 0 Å². The molecule has 22 heavy (non-hydrogen) atoms. The second kappa shape index (κ2) is 6.51. The Morgan fingerprint density at radius 1 is 1.18 bits per heavy atom. The Hall–Kier alpha value is -2.50. The van der Waals surface area contributed by atoms with Gasteiger partial charge in [-0.3, -0.25) is 4.68 Å². The minimum Gasteiger partial charge on any atom is -0.368 e. The number of benzene rings is 1. The summed E-state index contributed by atoms with van der Waals surface area (Å²) in [6.07, 6.45) is 3.68. The highest BCUT2D eigenvalue weighted by molar-refractivity contribution is 5.74. The predicted molar refractivity (Wildman–Crippen MR) is 85.7 cm³/mol. The van der Waals surface area contributed by atoms with Crippen LogP contribution in [0.15, 0.2) is 42.7 Å². The Bertz CT molecular complexity index is 616. The number of hydrogen-bond donors (Lipinski definition) is 1. The lowest BCUT2D eigenvalue weighted by atomic mass is 10.2. The minimum atomic E-state index is -0.00318. The molecule has 3 rings (SSSR count). The summed E-state index contributed by atoms with van der Waals surface area (Å²) in [4.78, 5) is 16.4. The Morgan fingerprint density at radius 2 is 1.91 bits per heavy atom. The normalized spacial score (nSPS) is 15.0. The lowest BCUT2D eigenvalue weighted by Crippen LogP contribution is -2.51. The molecule has 0 radical (unpaired) electrons. The average Bonchev–Trinajstić information content (AvgIpc) is 2.99. The van der Waals surface area contributed by atoms with Crippen molar-refractivity contribution in [2.45, 2.75) is 6.54 Å². The molecule has 0 unspecified atom stereocenters. The van der Waals surface area contributed by atoms with Crippen molar-refractivity contribution >= 4 is 11.7 Å². The molecule has 116 valence electrons. The summed E-state index contributed by atoms with van der Waals surface area (Å²) in [5.74, 6) is 0. The van der Waals surface area contributed by atoms with E-state index in [9.17, 15) is 4.79 Å². The molecule has 2 amide bonds. The third kappa shape index (κ3) is 3.39. The smallest absolute Gasteiger partial charge is 0.317 e. The summed E-state index contributed by atoms with van der Waals surface area (Å²) in [5, 5.41) is 7.05. The van der Waals surface area contributed by atoms with E-state index in [0.29, 0.717) is 6.54 Å². The van der Waals surface area contributed by atoms with Crippen molar-refractivity contribution < 1.29 is 4.79 Å². The van der Waals surface area contributed by atoms with E-state index >= 15 is 0 Å². The monoisotopic (exact) mass is 299 g/mol. The van der Waals surface area contributed by atoms with Gasteiger partial charge >= 0.3 is 6.03 Å². The lowest BCUT2D eigenvalue weighted by Gasteiger charge is -2.36. The molecular weight excluding hydrogens is 278 g/mol. The first-order valence-corrected chi connectivity index (χ1v) is 7.53. The number of para-hydroxylation sites is 1. The second-order valence-electron chi connectivity index (χ2n) is 5.49. The zero-order chi connectivity index (χ0) is 15.4. The highest BCUT2D eigenvalue weighted by Crippen LogP contribution is 2.15. The van der Waals surface area contributed by atoms with Crippen LogP contribution in [-0.2, 0) is 13.6 Å². The third-order valence-electron chi connectivity index (χ3n) is 3.89. The van der Waals surface area contributed by atoms with Gasteiger partial charge in [0.05, 0.1) is 6.20 Å². The van der Waals surface area contributed by atoms with Gasteiger partial charge in [0.1, 0.15) is 0 Å². The molecule has 0 saturated carbocycles. The first kappa shape index (κ1) is 14.4. The van der Waals surface area contributed by atoms with Gasteiger partial charge in [0.15, 0.2) is 0 Å². The number of nitrogens with one attached hydrogen (secondary N) is 1. The number of aryl methyl sites for hydroxylation is 1. The standard InChI is InChI=1S/C16H21N5O/c1-19-13-14(12-18-19)11-17-16(22)21-9-7-20(8-10-21)15-5-3-2-4-6-15/h2-6,12-13H,7-11H2,1H3,(H,17,22). The van der Waals surface area contributed by atoms with Crippen molar-refractivity contribution in [3.8, 4) is 0 Å². The van der Waals surface area contributed by atoms with Crippen molar-refractivity contribution in [2.24, 2.45) is 7.05 Å². The van der Waals surface area contributed by atoms with E-state index in [-0.39, 0.29) is 6.03 Å². The van der Waals surface area contributed by atoms with Gasteiger partial charge in [0.2, 0.25) is 0 Å². The van der Waals surface area contributed by atoms with Crippen molar-refractivity contribution in [3.63, 3.8) is 0 Å². The summed E-state index contributed by atoms with van der Waals surface area (Å²) in [6.45, 7) is 3.74. The van der Waals surface area contributed by atoms with Crippen LogP contribution in [0.1, 0.15) is 5.56 Å². The van der Waals surface area contributed by atoms with E-state index in [4.69, 9.17) is 0 Å². The van der Waals surface area contributed by atoms with Crippen LogP contribution in [-0.4, -0.2) is 46.9 Å². The summed E-state index contributed by atoms with van der Waals surface area (Å²) in [6, 6.07) is 10.3. The molecule has 2 heterocycles. The highest BCUT2D eigenvalue weighted by atomic mass is 16.2. The molecule has 1 aromatic heterocycles. The van der Waals surface area contributed by atoms with E-state index in [1.54, 1.807) is 10.9 Å². The SMILES string of the molecule is Cn1cc(CNC(=O)N2CCN(c3ccccc3)CC2)cn1. The summed E-state index contributed by atoms with van der Waals surface area (Å²) < 4.78 is 1.74. The topological polar surface area (TPSA) is 53.4 Å². The number of urea groups is 1. The number of amides is 2. The van der Waals surface area contributed by atoms with Crippen molar-refractivity contribution in [2.75, 3.05) is 31.1 Å². The van der Waals surface area contributed by atoms with Gasteiger partial charge in [-0.15, -0.1) is 0 Å². The number of piperazine rings is 1. The number of nitrogens with zero attached hydrogens (tertiary/aromatic N) is 4. The first-order valence-electron chi connectivity index (χ1n) is 7.53. The minimum absolute atomic E-state index is 0.00318. The van der Waals surface area contributed by atoms with Crippen LogP contribution in [0.3, 0.4) is 0 Å². The Morgan fingerprint density at radius 3 is 2.55 bits per heavy atom. The van der Waals surface area contributed by atoms with Crippen LogP contribution in [0.5, 0.6) is 0 Å². The van der Waals surface area contributed by atoms with Crippen molar-refractivity contribution in [1.29, 1.82) is 0 Å². The van der Waals surface area contributed by atoms with Gasteiger partial charge < -0.3 is 15.1 Å². The molecule has 1 aromatic carbocycles. The quantitative estimate of drug-likeness (QED) is 0.933. The van der Waals surface area contributed by atoms with E-state index < -0.39 is 0 Å². The summed E-state index contributed by atoms with van der Waals surface area (Å²) >= 11 is 0. The van der Waals surface area contributed by atoms with Gasteiger partial charge in [0.25, 0.3) is 0 Å². The molecule has 1 aliphatic rings. The maximum Gasteiger partial charge on any atom is 0.317 e. The summed E-state index contributed by atoms with van der Waals surface area (Å²) in [7, 11) is 1.87. The Balaban J connectivity index is 1.47. The van der Waals surface area contributed by atoms with Gasteiger partial charge in [-0.25, -0.2) is 4.79 Å². The molecule has 1 saturated heterocycles. The van der Waals surface area contributed by atoms with Gasteiger partial charge in [-0.2, -0.15) is 5.10 Å². The molecule has 0 aliphatic carbocycles. The van der Waals surface area contributed by atoms with Gasteiger partial charge in [0, 0.05) is 57.2 Å². The van der Waals surface area contributed by atoms with Crippen LogP contribution in [0.4, 0.5) is 10.5 Å². The number of anilines is 1. The van der Waals surface area contributed by atoms with E-state index in [1.165, 1.54) is 5.69 Å². The van der Waals surface area contributed by atoms with Crippen molar-refractivity contribution in [3.05, 3.63) is 48.3 Å². The highest BCUT2D eigenvalue weighted by Gasteiger charge is 2.20. The molecule has 0 bridgehead atoms. The average molecular weight is 299 g/mol. The second-order valence-corrected chi connectivity index (χ2v) is 5.49. The number of rotatable bonds is 3. The van der Waals surface area contributed by atoms with Crippen LogP contribution in [0.25, 0.3) is 0 Å². The van der Waals surface area contributed by atoms with E-state index in [2.05, 4.69) is 27.4 Å². The Kier molecular flexibility index (Phi) is 4.27. The fourth-order valence-electron chi connectivity index (χ4n) is 2.66. The fraction of sp³-hybridized carbons (Fsp3) is 0.375. The number of carbonyl (C=O) groups is 1. The van der Waals surface area contributed by atoms with Crippen molar-refractivity contribution in [1.82, 2.24) is 20.0 Å². The number of carbonyl (C=O) groups excluding carboxylic acids is 1. The molecule has 6 heteroatoms. The largest absolute Gasteiger partial charge is 0.368 e. The fourth-order valence-corrected chi connectivity index (χ4v) is 2.66. The predicted octanol–water partition coefficient (Wildman–Crippen LogP) is 1.45. The molecule has 0 atom stereocenters. The molecule has 1 N–H and O–H groups in total. The molecule has 6 nitrogen and oxygen atoms in total. The van der Waals surface area contributed by atoms with Crippen LogP contribution in [0.2, 0.25) is 0 Å². The third-order valence-corrected chi connectivity index (χ3v) is 3.89. The lowest BCUT2D eigenvalue weighted by molar-refractivity contribution is 0.194. The zero-order valence-corrected chi connectivity index (χ0v) is 12.8. The molecular formula is C16H21N5O. The van der Waals surface area contributed by atoms with E-state index in [0.717, 1.165) is 31.7 Å². The summed E-state index contributed by atoms with van der Waals surface area (Å²) in [5.41, 5.74) is 2.23. The molecule has 1 aliphatic heterocycles. The van der Waals surface area contributed by atoms with E-state index in [1.807, 2.05) is 36.3 Å². The number of hydrogen-bond acceptors (Lipinski definition) is 3. The Labute approximate surface area is 130 Å². The number of aromatic nitrogens is 2. The maximum atomic E-state index is 12.2. The van der Waals surface area contributed by atoms with Gasteiger partial charge in [-0.1, -0.05) is 18.2 Å².